The number of carboxylic acids is 1. The fraction of sp³-hybridized carbons (Fsp3) is 0.409. The van der Waals surface area contributed by atoms with E-state index in [1.807, 2.05) is 51.1 Å². The lowest BCUT2D eigenvalue weighted by atomic mass is 9.81. The monoisotopic (exact) mass is 399 g/mol. The zero-order valence-electron chi connectivity index (χ0n) is 16.3. The van der Waals surface area contributed by atoms with E-state index in [0.29, 0.717) is 24.4 Å². The van der Waals surface area contributed by atoms with Crippen LogP contribution < -0.4 is 4.90 Å². The van der Waals surface area contributed by atoms with Gasteiger partial charge in [-0.1, -0.05) is 37.3 Å². The van der Waals surface area contributed by atoms with E-state index in [1.165, 1.54) is 4.90 Å². The van der Waals surface area contributed by atoms with Gasteiger partial charge in [0.1, 0.15) is 10.7 Å². The van der Waals surface area contributed by atoms with Crippen LogP contribution in [0.3, 0.4) is 0 Å². The number of carboxylic acid groups (broad SMARTS) is 1. The molecule has 0 spiro atoms. The number of thiophene rings is 1. The Bertz CT molecular complexity index is 887. The number of carbonyl (C=O) groups excluding carboxylic acids is 2. The molecular weight excluding hydrogens is 374 g/mol. The number of carbonyl (C=O) groups is 3. The summed E-state index contributed by atoms with van der Waals surface area (Å²) in [4.78, 5) is 40.1. The number of Topliss-reactive ketones (excluding diaryl/α,β-unsaturated/α-hetero) is 1. The molecule has 1 saturated carbocycles. The fourth-order valence-electron chi connectivity index (χ4n) is 3.74. The predicted molar refractivity (Wildman–Crippen MR) is 111 cm³/mol. The molecule has 1 aromatic carbocycles. The quantitative estimate of drug-likeness (QED) is 0.729. The van der Waals surface area contributed by atoms with Gasteiger partial charge in [0.25, 0.3) is 0 Å². The Kier molecular flexibility index (Phi) is 5.98. The fourth-order valence-corrected chi connectivity index (χ4v) is 4.73. The van der Waals surface area contributed by atoms with E-state index < -0.39 is 11.9 Å². The zero-order chi connectivity index (χ0) is 20.4. The van der Waals surface area contributed by atoms with E-state index in [-0.39, 0.29) is 22.6 Å². The highest BCUT2D eigenvalue weighted by molar-refractivity contribution is 7.18. The maximum Gasteiger partial charge on any atom is 0.348 e. The second kappa shape index (κ2) is 8.27. The van der Waals surface area contributed by atoms with E-state index in [0.717, 1.165) is 28.2 Å². The van der Waals surface area contributed by atoms with Gasteiger partial charge < -0.3 is 10.0 Å². The molecule has 1 amide bonds. The lowest BCUT2D eigenvalue weighted by molar-refractivity contribution is -0.135. The van der Waals surface area contributed by atoms with Crippen molar-refractivity contribution in [2.75, 3.05) is 4.90 Å². The topological polar surface area (TPSA) is 74.7 Å². The van der Waals surface area contributed by atoms with Crippen LogP contribution in [0.5, 0.6) is 0 Å². The van der Waals surface area contributed by atoms with Crippen LogP contribution in [-0.4, -0.2) is 28.8 Å². The molecule has 1 aliphatic rings. The van der Waals surface area contributed by atoms with Crippen molar-refractivity contribution in [1.82, 2.24) is 0 Å². The molecule has 1 aliphatic carbocycles. The van der Waals surface area contributed by atoms with Gasteiger partial charge in [-0.05, 0) is 44.2 Å². The molecule has 0 aliphatic heterocycles. The van der Waals surface area contributed by atoms with Crippen LogP contribution in [0.2, 0.25) is 0 Å². The number of hydrogen-bond donors (Lipinski definition) is 1. The van der Waals surface area contributed by atoms with Crippen molar-refractivity contribution in [2.45, 2.75) is 46.1 Å². The van der Waals surface area contributed by atoms with Gasteiger partial charge in [0.2, 0.25) is 5.91 Å². The summed E-state index contributed by atoms with van der Waals surface area (Å²) in [5.41, 5.74) is 1.28. The van der Waals surface area contributed by atoms with Gasteiger partial charge in [0.05, 0.1) is 11.6 Å². The molecule has 6 heteroatoms. The molecule has 28 heavy (non-hydrogen) atoms. The molecule has 1 unspecified atom stereocenters. The van der Waals surface area contributed by atoms with E-state index in [9.17, 15) is 19.5 Å². The molecular formula is C22H25NO4S. The van der Waals surface area contributed by atoms with Crippen molar-refractivity contribution in [3.63, 3.8) is 0 Å². The average molecular weight is 400 g/mol. The van der Waals surface area contributed by atoms with Gasteiger partial charge >= 0.3 is 5.97 Å². The van der Waals surface area contributed by atoms with E-state index in [1.54, 1.807) is 6.07 Å². The first-order valence-corrected chi connectivity index (χ1v) is 10.4. The minimum absolute atomic E-state index is 0.0372. The van der Waals surface area contributed by atoms with Crippen molar-refractivity contribution < 1.29 is 19.5 Å². The molecule has 0 radical (unpaired) electrons. The number of amides is 1. The first kappa shape index (κ1) is 20.3. The van der Waals surface area contributed by atoms with Gasteiger partial charge in [-0.25, -0.2) is 4.79 Å². The van der Waals surface area contributed by atoms with Crippen LogP contribution >= 0.6 is 11.3 Å². The first-order valence-electron chi connectivity index (χ1n) is 9.58. The maximum absolute atomic E-state index is 13.3. The lowest BCUT2D eigenvalue weighted by Gasteiger charge is -2.32. The summed E-state index contributed by atoms with van der Waals surface area (Å²) in [5, 5.41) is 9.74. The highest BCUT2D eigenvalue weighted by Gasteiger charge is 2.37. The second-order valence-electron chi connectivity index (χ2n) is 7.70. The van der Waals surface area contributed by atoms with Crippen molar-refractivity contribution in [2.24, 2.45) is 11.8 Å². The number of anilines is 1. The molecule has 1 fully saturated rings. The molecule has 2 atom stereocenters. The molecule has 2 aromatic rings. The highest BCUT2D eigenvalue weighted by atomic mass is 32.1. The van der Waals surface area contributed by atoms with E-state index >= 15 is 0 Å². The molecule has 0 saturated heterocycles. The van der Waals surface area contributed by atoms with Gasteiger partial charge in [-0.2, -0.15) is 0 Å². The van der Waals surface area contributed by atoms with E-state index in [2.05, 4.69) is 0 Å². The molecule has 148 valence electrons. The number of benzene rings is 1. The lowest BCUT2D eigenvalue weighted by Crippen LogP contribution is -2.45. The number of aromatic carboxylic acids is 1. The van der Waals surface area contributed by atoms with Gasteiger partial charge in [-0.15, -0.1) is 11.3 Å². The number of ketones is 1. The summed E-state index contributed by atoms with van der Waals surface area (Å²) in [6.45, 7) is 5.71. The summed E-state index contributed by atoms with van der Waals surface area (Å²) >= 11 is 1.15. The summed E-state index contributed by atoms with van der Waals surface area (Å²) in [7, 11) is 0. The molecule has 1 aromatic heterocycles. The van der Waals surface area contributed by atoms with Crippen molar-refractivity contribution >= 4 is 34.7 Å². The Morgan fingerprint density at radius 1 is 1.18 bits per heavy atom. The molecule has 0 bridgehead atoms. The van der Waals surface area contributed by atoms with Gasteiger partial charge in [-0.3, -0.25) is 9.59 Å². The van der Waals surface area contributed by atoms with Crippen LogP contribution in [0.1, 0.15) is 49.7 Å². The molecule has 5 nitrogen and oxygen atoms in total. The number of nitrogens with zero attached hydrogens (tertiary/aromatic N) is 1. The Labute approximate surface area is 169 Å². The van der Waals surface area contributed by atoms with Gasteiger partial charge in [0, 0.05) is 17.3 Å². The normalized spacial score (nSPS) is 19.6. The minimum atomic E-state index is -1.07. The Morgan fingerprint density at radius 2 is 1.86 bits per heavy atom. The predicted octanol–water partition coefficient (Wildman–Crippen LogP) is 4.86. The number of hydrogen-bond acceptors (Lipinski definition) is 4. The van der Waals surface area contributed by atoms with Gasteiger partial charge in [0.15, 0.2) is 0 Å². The summed E-state index contributed by atoms with van der Waals surface area (Å²) < 4.78 is 0. The van der Waals surface area contributed by atoms with Crippen LogP contribution in [0.4, 0.5) is 5.69 Å². The first-order chi connectivity index (χ1) is 13.3. The van der Waals surface area contributed by atoms with Crippen molar-refractivity contribution in [1.29, 1.82) is 0 Å². The SMILES string of the molecule is CC(C)N(C(=O)C1CC[C@@H](C)CC1=O)c1cc(-c2ccccc2)sc1C(=O)O. The van der Waals surface area contributed by atoms with Crippen LogP contribution in [0.25, 0.3) is 10.4 Å². The average Bonchev–Trinajstić information content (AvgIpc) is 3.07. The summed E-state index contributed by atoms with van der Waals surface area (Å²) in [6, 6.07) is 11.0. The molecule has 3 rings (SSSR count). The molecule has 1 N–H and O–H groups in total. The Balaban J connectivity index is 2.02. The van der Waals surface area contributed by atoms with Crippen molar-refractivity contribution in [3.05, 3.63) is 41.3 Å². The van der Waals surface area contributed by atoms with Crippen LogP contribution in [0, 0.1) is 11.8 Å². The third kappa shape index (κ3) is 4.02. The largest absolute Gasteiger partial charge is 0.477 e. The minimum Gasteiger partial charge on any atom is -0.477 e. The summed E-state index contributed by atoms with van der Waals surface area (Å²) in [6.07, 6.45) is 1.77. The highest BCUT2D eigenvalue weighted by Crippen LogP contribution is 2.39. The molecule has 1 heterocycles. The Hall–Kier alpha value is -2.47. The summed E-state index contributed by atoms with van der Waals surface area (Å²) in [5.74, 6) is -1.77. The van der Waals surface area contributed by atoms with Crippen LogP contribution in [0.15, 0.2) is 36.4 Å². The van der Waals surface area contributed by atoms with Crippen LogP contribution in [-0.2, 0) is 9.59 Å². The van der Waals surface area contributed by atoms with Crippen molar-refractivity contribution in [3.8, 4) is 10.4 Å². The third-order valence-corrected chi connectivity index (χ3v) is 6.32. The van der Waals surface area contributed by atoms with E-state index in [4.69, 9.17) is 0 Å². The maximum atomic E-state index is 13.3. The third-order valence-electron chi connectivity index (χ3n) is 5.16. The number of rotatable bonds is 5. The zero-order valence-corrected chi connectivity index (χ0v) is 17.2. The standard InChI is InChI=1S/C22H25NO4S/c1-13(2)23(21(25)16-10-9-14(3)11-18(16)24)17-12-19(28-20(17)22(26)27)15-7-5-4-6-8-15/h4-8,12-14,16H,9-11H2,1-3H3,(H,26,27)/t14-,16?/m1/s1. The Morgan fingerprint density at radius 3 is 2.43 bits per heavy atom. The smallest absolute Gasteiger partial charge is 0.348 e. The second-order valence-corrected chi connectivity index (χ2v) is 8.76.